The molecule has 4 aromatic carbocycles. The minimum atomic E-state index is -0.397. The van der Waals surface area contributed by atoms with Gasteiger partial charge < -0.3 is 8.83 Å². The summed E-state index contributed by atoms with van der Waals surface area (Å²) in [5.74, 6) is 0.615. The first-order chi connectivity index (χ1) is 18.5. The highest BCUT2D eigenvalue weighted by Gasteiger charge is 2.12. The van der Waals surface area contributed by atoms with E-state index in [1.165, 1.54) is 0 Å². The Bertz CT molecular complexity index is 1860. The molecule has 2 heterocycles. The van der Waals surface area contributed by atoms with Gasteiger partial charge in [0.2, 0.25) is 11.8 Å². The zero-order chi connectivity index (χ0) is 26.2. The van der Waals surface area contributed by atoms with Crippen LogP contribution in [0, 0.1) is 13.8 Å². The van der Waals surface area contributed by atoms with E-state index in [4.69, 9.17) is 8.83 Å². The molecule has 184 valence electrons. The van der Waals surface area contributed by atoms with Crippen LogP contribution in [0.4, 0.5) is 0 Å². The Morgan fingerprint density at radius 1 is 0.579 bits per heavy atom. The fourth-order valence-electron chi connectivity index (χ4n) is 4.52. The lowest BCUT2D eigenvalue weighted by atomic mass is 10.0. The molecule has 0 radical (unpaired) electrons. The molecule has 0 aliphatic rings. The van der Waals surface area contributed by atoms with Crippen molar-refractivity contribution in [3.63, 3.8) is 0 Å². The van der Waals surface area contributed by atoms with Gasteiger partial charge in [0, 0.05) is 11.1 Å². The van der Waals surface area contributed by atoms with Crippen molar-refractivity contribution in [2.75, 3.05) is 0 Å². The quantitative estimate of drug-likeness (QED) is 0.248. The summed E-state index contributed by atoms with van der Waals surface area (Å²) in [6.07, 6.45) is 4.03. The number of rotatable bonds is 4. The summed E-state index contributed by atoms with van der Waals surface area (Å²) >= 11 is 0. The largest absolute Gasteiger partial charge is 0.403 e. The second-order valence-corrected chi connectivity index (χ2v) is 9.13. The number of hydrogen-bond acceptors (Lipinski definition) is 6. The first kappa shape index (κ1) is 23.3. The summed E-state index contributed by atoms with van der Waals surface area (Å²) in [5.41, 5.74) is 5.86. The Kier molecular flexibility index (Phi) is 5.77. The van der Waals surface area contributed by atoms with E-state index in [2.05, 4.69) is 9.97 Å². The molecule has 6 rings (SSSR count). The smallest absolute Gasteiger partial charge is 0.347 e. The summed E-state index contributed by atoms with van der Waals surface area (Å²) in [6.45, 7) is 3.93. The fraction of sp³-hybridized carbons (Fsp3) is 0.0625. The van der Waals surface area contributed by atoms with Crippen LogP contribution in [0.15, 0.2) is 103 Å². The second-order valence-electron chi connectivity index (χ2n) is 9.13. The van der Waals surface area contributed by atoms with Gasteiger partial charge in [0.25, 0.3) is 0 Å². The van der Waals surface area contributed by atoms with Crippen molar-refractivity contribution in [2.45, 2.75) is 13.8 Å². The number of fused-ring (bicyclic) bond motifs is 2. The lowest BCUT2D eigenvalue weighted by Crippen LogP contribution is -2.03. The van der Waals surface area contributed by atoms with Crippen LogP contribution < -0.4 is 11.3 Å². The minimum Gasteiger partial charge on any atom is -0.403 e. The van der Waals surface area contributed by atoms with E-state index in [1.54, 1.807) is 36.4 Å². The molecule has 0 aliphatic carbocycles. The fourth-order valence-corrected chi connectivity index (χ4v) is 4.52. The highest BCUT2D eigenvalue weighted by molar-refractivity contribution is 5.80. The Balaban J connectivity index is 1.27. The van der Waals surface area contributed by atoms with Crippen molar-refractivity contribution in [2.24, 2.45) is 0 Å². The molecular formula is C32H22N2O4. The number of benzene rings is 4. The van der Waals surface area contributed by atoms with Crippen LogP contribution in [0.25, 0.3) is 56.9 Å². The zero-order valence-corrected chi connectivity index (χ0v) is 20.8. The standard InChI is InChI=1S/C32H22N2O4/c1-19-17-21(13-15-23(19)29-33-27-9-5-3-7-25(27)31(35)37-29)11-12-22-14-16-24(20(2)18-22)30-34-28-10-6-4-8-26(28)32(36)38-30/h3-18H,1-2H3/b12-11+. The van der Waals surface area contributed by atoms with Gasteiger partial charge in [0.05, 0.1) is 21.8 Å². The SMILES string of the molecule is Cc1cc(/C=C/c2ccc(-c3nc4ccccc4c(=O)o3)c(C)c2)ccc1-c1nc2ccccc2c(=O)o1. The van der Waals surface area contributed by atoms with Gasteiger partial charge in [0.15, 0.2) is 0 Å². The van der Waals surface area contributed by atoms with Crippen LogP contribution >= 0.6 is 0 Å². The van der Waals surface area contributed by atoms with Crippen LogP contribution in [0.5, 0.6) is 0 Å². The molecule has 0 fully saturated rings. The molecule has 6 aromatic rings. The van der Waals surface area contributed by atoms with Gasteiger partial charge in [-0.2, -0.15) is 0 Å². The Labute approximate surface area is 217 Å². The molecule has 2 aromatic heterocycles. The van der Waals surface area contributed by atoms with Gasteiger partial charge in [-0.3, -0.25) is 0 Å². The molecule has 6 heteroatoms. The van der Waals surface area contributed by atoms with Crippen molar-refractivity contribution >= 4 is 34.0 Å². The maximum Gasteiger partial charge on any atom is 0.347 e. The van der Waals surface area contributed by atoms with Crippen LogP contribution in [0.1, 0.15) is 22.3 Å². The molecule has 0 saturated heterocycles. The van der Waals surface area contributed by atoms with Crippen molar-refractivity contribution in [3.05, 3.63) is 128 Å². The first-order valence-corrected chi connectivity index (χ1v) is 12.2. The molecule has 6 nitrogen and oxygen atoms in total. The van der Waals surface area contributed by atoms with E-state index in [0.717, 1.165) is 33.4 Å². The van der Waals surface area contributed by atoms with Gasteiger partial charge in [0.1, 0.15) is 0 Å². The number of nitrogens with zero attached hydrogens (tertiary/aromatic N) is 2. The molecule has 0 atom stereocenters. The number of hydrogen-bond donors (Lipinski definition) is 0. The van der Waals surface area contributed by atoms with E-state index < -0.39 is 11.3 Å². The highest BCUT2D eigenvalue weighted by atomic mass is 16.4. The molecule has 0 amide bonds. The predicted molar refractivity (Wildman–Crippen MR) is 150 cm³/mol. The van der Waals surface area contributed by atoms with Gasteiger partial charge in [-0.1, -0.05) is 60.7 Å². The van der Waals surface area contributed by atoms with E-state index in [-0.39, 0.29) is 0 Å². The van der Waals surface area contributed by atoms with Gasteiger partial charge in [-0.25, -0.2) is 19.6 Å². The highest BCUT2D eigenvalue weighted by Crippen LogP contribution is 2.26. The third-order valence-corrected chi connectivity index (χ3v) is 6.50. The summed E-state index contributed by atoms with van der Waals surface area (Å²) in [4.78, 5) is 33.8. The van der Waals surface area contributed by atoms with Gasteiger partial charge in [-0.05, 0) is 72.5 Å². The molecule has 0 aliphatic heterocycles. The Morgan fingerprint density at radius 3 is 1.42 bits per heavy atom. The van der Waals surface area contributed by atoms with E-state index in [1.807, 2.05) is 74.5 Å². The third kappa shape index (κ3) is 4.33. The second kappa shape index (κ2) is 9.41. The lowest BCUT2D eigenvalue weighted by Gasteiger charge is -2.07. The van der Waals surface area contributed by atoms with Crippen LogP contribution in [-0.4, -0.2) is 9.97 Å². The molecule has 0 N–H and O–H groups in total. The van der Waals surface area contributed by atoms with E-state index >= 15 is 0 Å². The number of aromatic nitrogens is 2. The van der Waals surface area contributed by atoms with Crippen LogP contribution in [0.2, 0.25) is 0 Å². The predicted octanol–water partition coefficient (Wildman–Crippen LogP) is 6.81. The molecule has 0 bridgehead atoms. The zero-order valence-electron chi connectivity index (χ0n) is 20.8. The molecular weight excluding hydrogens is 476 g/mol. The lowest BCUT2D eigenvalue weighted by molar-refractivity contribution is 0.517. The van der Waals surface area contributed by atoms with Crippen molar-refractivity contribution < 1.29 is 8.83 Å². The maximum atomic E-state index is 12.4. The topological polar surface area (TPSA) is 86.2 Å². The average Bonchev–Trinajstić information content (AvgIpc) is 2.92. The summed E-state index contributed by atoms with van der Waals surface area (Å²) in [6, 6.07) is 26.1. The third-order valence-electron chi connectivity index (χ3n) is 6.50. The average molecular weight is 499 g/mol. The van der Waals surface area contributed by atoms with E-state index in [9.17, 15) is 9.59 Å². The van der Waals surface area contributed by atoms with Gasteiger partial charge >= 0.3 is 11.3 Å². The minimum absolute atomic E-state index is 0.307. The molecule has 0 spiro atoms. The van der Waals surface area contributed by atoms with Crippen molar-refractivity contribution in [1.29, 1.82) is 0 Å². The summed E-state index contributed by atoms with van der Waals surface area (Å²) in [7, 11) is 0. The summed E-state index contributed by atoms with van der Waals surface area (Å²) < 4.78 is 11.0. The monoisotopic (exact) mass is 498 g/mol. The van der Waals surface area contributed by atoms with Gasteiger partial charge in [-0.15, -0.1) is 0 Å². The number of aryl methyl sites for hydroxylation is 2. The molecule has 0 unspecified atom stereocenters. The Hall–Kier alpha value is -5.10. The summed E-state index contributed by atoms with van der Waals surface area (Å²) in [5, 5.41) is 0.932. The van der Waals surface area contributed by atoms with Crippen LogP contribution in [-0.2, 0) is 0 Å². The molecule has 38 heavy (non-hydrogen) atoms. The Morgan fingerprint density at radius 2 is 1.00 bits per heavy atom. The normalized spacial score (nSPS) is 11.5. The first-order valence-electron chi connectivity index (χ1n) is 12.2. The van der Waals surface area contributed by atoms with Crippen molar-refractivity contribution in [1.82, 2.24) is 9.97 Å². The maximum absolute atomic E-state index is 12.4. The van der Waals surface area contributed by atoms with E-state index in [0.29, 0.717) is 33.6 Å². The molecule has 0 saturated carbocycles. The van der Waals surface area contributed by atoms with Crippen LogP contribution in [0.3, 0.4) is 0 Å². The number of para-hydroxylation sites is 2. The van der Waals surface area contributed by atoms with Crippen molar-refractivity contribution in [3.8, 4) is 22.9 Å².